The number of nitrogens with zero attached hydrogens (tertiary/aromatic N) is 1. The fourth-order valence-corrected chi connectivity index (χ4v) is 0.742. The van der Waals surface area contributed by atoms with E-state index in [9.17, 15) is 10.1 Å². The van der Waals surface area contributed by atoms with Crippen LogP contribution in [0.5, 0.6) is 0 Å². The first-order chi connectivity index (χ1) is 7.61. The molecule has 1 aromatic rings. The minimum atomic E-state index is -0.396. The largest absolute Gasteiger partial charge is 0.505 e. The van der Waals surface area contributed by atoms with Gasteiger partial charge in [0.05, 0.1) is 18.3 Å². The van der Waals surface area contributed by atoms with Crippen molar-refractivity contribution in [2.45, 2.75) is 6.92 Å². The molecule has 1 rings (SSSR count). The van der Waals surface area contributed by atoms with Gasteiger partial charge in [0.25, 0.3) is 5.69 Å². The van der Waals surface area contributed by atoms with Gasteiger partial charge in [0.15, 0.2) is 0 Å². The van der Waals surface area contributed by atoms with Crippen molar-refractivity contribution < 1.29 is 9.66 Å². The van der Waals surface area contributed by atoms with Gasteiger partial charge in [-0.15, -0.1) is 13.2 Å². The molecule has 88 valence electrons. The summed E-state index contributed by atoms with van der Waals surface area (Å²) in [4.78, 5) is 9.76. The van der Waals surface area contributed by atoms with Crippen molar-refractivity contribution in [3.63, 3.8) is 0 Å². The lowest BCUT2D eigenvalue weighted by atomic mass is 10.2. The number of nitro groups is 1. The Morgan fingerprint density at radius 1 is 1.44 bits per heavy atom. The summed E-state index contributed by atoms with van der Waals surface area (Å²) in [7, 11) is 1.56. The number of non-ortho nitro benzene ring substituents is 1. The third-order valence-corrected chi connectivity index (χ3v) is 1.38. The van der Waals surface area contributed by atoms with Crippen molar-refractivity contribution in [1.82, 2.24) is 0 Å². The first-order valence-electron chi connectivity index (χ1n) is 4.46. The van der Waals surface area contributed by atoms with Gasteiger partial charge in [-0.3, -0.25) is 10.1 Å². The highest BCUT2D eigenvalue weighted by molar-refractivity contribution is 5.33. The Labute approximate surface area is 96.0 Å². The quantitative estimate of drug-likeness (QED) is 0.334. The predicted molar refractivity (Wildman–Crippen MR) is 66.3 cm³/mol. The molecule has 0 unspecified atom stereocenters. The lowest BCUT2D eigenvalue weighted by molar-refractivity contribution is -0.384. The van der Waals surface area contributed by atoms with Gasteiger partial charge in [0.2, 0.25) is 0 Å². The van der Waals surface area contributed by atoms with Crippen LogP contribution < -0.4 is 0 Å². The molecule has 0 fully saturated rings. The van der Waals surface area contributed by atoms with E-state index in [0.29, 0.717) is 0 Å². The number of aryl methyl sites for hydroxylation is 1. The van der Waals surface area contributed by atoms with Crippen molar-refractivity contribution in [1.29, 1.82) is 0 Å². The molecule has 0 amide bonds. The second-order valence-electron chi connectivity index (χ2n) is 2.50. The minimum absolute atomic E-state index is 0.153. The van der Waals surface area contributed by atoms with E-state index in [1.807, 2.05) is 13.0 Å². The minimum Gasteiger partial charge on any atom is -0.505 e. The summed E-state index contributed by atoms with van der Waals surface area (Å²) >= 11 is 0. The van der Waals surface area contributed by atoms with Crippen molar-refractivity contribution in [2.24, 2.45) is 0 Å². The Kier molecular flexibility index (Phi) is 11.2. The second kappa shape index (κ2) is 11.0. The van der Waals surface area contributed by atoms with E-state index in [2.05, 4.69) is 24.5 Å². The molecule has 0 spiro atoms. The fraction of sp³-hybridized carbons (Fsp3) is 0.167. The first-order valence-corrected chi connectivity index (χ1v) is 4.46. The van der Waals surface area contributed by atoms with Gasteiger partial charge in [-0.25, -0.2) is 0 Å². The number of nitro benzene ring substituents is 1. The van der Waals surface area contributed by atoms with Gasteiger partial charge in [0.1, 0.15) is 0 Å². The smallest absolute Gasteiger partial charge is 0.269 e. The Balaban J connectivity index is 0. The molecule has 0 aliphatic heterocycles. The average molecular weight is 223 g/mol. The van der Waals surface area contributed by atoms with Gasteiger partial charge in [-0.05, 0) is 12.5 Å². The van der Waals surface area contributed by atoms with Crippen molar-refractivity contribution >= 4 is 5.69 Å². The van der Waals surface area contributed by atoms with Gasteiger partial charge in [-0.1, -0.05) is 18.7 Å². The molecule has 4 heteroatoms. The third kappa shape index (κ3) is 8.50. The van der Waals surface area contributed by atoms with E-state index in [-0.39, 0.29) is 5.69 Å². The number of benzene rings is 1. The maximum Gasteiger partial charge on any atom is 0.269 e. The van der Waals surface area contributed by atoms with Crippen molar-refractivity contribution in [3.8, 4) is 0 Å². The van der Waals surface area contributed by atoms with E-state index >= 15 is 0 Å². The van der Waals surface area contributed by atoms with Crippen LogP contribution in [-0.2, 0) is 4.74 Å². The standard InChI is InChI=1S/C7H7NO2.C3H6O.C2H4/c1-6-3-2-4-7(5-6)8(9)10;1-3-4-2;1-2/h2-5H,1H3;3H,1H2,2H3;1-2H2. The summed E-state index contributed by atoms with van der Waals surface area (Å²) in [5, 5.41) is 10.2. The second-order valence-corrected chi connectivity index (χ2v) is 2.50. The highest BCUT2D eigenvalue weighted by Gasteiger charge is 2.01. The van der Waals surface area contributed by atoms with Crippen LogP contribution in [0.1, 0.15) is 5.56 Å². The zero-order valence-corrected chi connectivity index (χ0v) is 9.68. The number of rotatable bonds is 2. The van der Waals surface area contributed by atoms with Crippen LogP contribution in [0.15, 0.2) is 50.3 Å². The van der Waals surface area contributed by atoms with Gasteiger partial charge in [-0.2, -0.15) is 0 Å². The predicted octanol–water partition coefficient (Wildman–Crippen LogP) is 3.48. The Morgan fingerprint density at radius 3 is 2.19 bits per heavy atom. The lowest BCUT2D eigenvalue weighted by Gasteiger charge is -1.90. The van der Waals surface area contributed by atoms with E-state index in [4.69, 9.17) is 0 Å². The van der Waals surface area contributed by atoms with Crippen LogP contribution in [0.25, 0.3) is 0 Å². The summed E-state index contributed by atoms with van der Waals surface area (Å²) in [6.45, 7) is 11.1. The Hall–Kier alpha value is -2.10. The SMILES string of the molecule is C=C.C=COC.Cc1cccc([N+](=O)[O-])c1. The molecular formula is C12H17NO3. The molecule has 0 saturated heterocycles. The number of ether oxygens (including phenoxy) is 1. The summed E-state index contributed by atoms with van der Waals surface area (Å²) in [6.07, 6.45) is 1.38. The molecule has 0 bridgehead atoms. The molecule has 0 aliphatic carbocycles. The summed E-state index contributed by atoms with van der Waals surface area (Å²) < 4.78 is 4.31. The topological polar surface area (TPSA) is 52.4 Å². The number of hydrogen-bond acceptors (Lipinski definition) is 3. The van der Waals surface area contributed by atoms with Crippen LogP contribution in [0, 0.1) is 17.0 Å². The zero-order valence-electron chi connectivity index (χ0n) is 9.68. The molecular weight excluding hydrogens is 206 g/mol. The van der Waals surface area contributed by atoms with Gasteiger partial charge < -0.3 is 4.74 Å². The third-order valence-electron chi connectivity index (χ3n) is 1.38. The molecule has 0 saturated carbocycles. The lowest BCUT2D eigenvalue weighted by Crippen LogP contribution is -1.86. The highest BCUT2D eigenvalue weighted by Crippen LogP contribution is 2.11. The Bertz CT molecular complexity index is 324. The van der Waals surface area contributed by atoms with Gasteiger partial charge >= 0.3 is 0 Å². The normalized spacial score (nSPS) is 7.38. The van der Waals surface area contributed by atoms with Crippen molar-refractivity contribution in [3.05, 3.63) is 65.9 Å². The summed E-state index contributed by atoms with van der Waals surface area (Å²) in [5.41, 5.74) is 1.06. The molecule has 16 heavy (non-hydrogen) atoms. The maximum absolute atomic E-state index is 10.2. The summed E-state index contributed by atoms with van der Waals surface area (Å²) in [6, 6.07) is 6.52. The van der Waals surface area contributed by atoms with E-state index < -0.39 is 4.92 Å². The molecule has 0 aliphatic rings. The molecule has 0 atom stereocenters. The van der Waals surface area contributed by atoms with E-state index in [0.717, 1.165) is 5.56 Å². The first kappa shape index (κ1) is 16.3. The highest BCUT2D eigenvalue weighted by atomic mass is 16.6. The van der Waals surface area contributed by atoms with Crippen LogP contribution >= 0.6 is 0 Å². The van der Waals surface area contributed by atoms with Gasteiger partial charge in [0, 0.05) is 12.1 Å². The Morgan fingerprint density at radius 2 is 1.94 bits per heavy atom. The fourth-order valence-electron chi connectivity index (χ4n) is 0.742. The average Bonchev–Trinajstić information content (AvgIpc) is 2.32. The molecule has 1 aromatic carbocycles. The molecule has 4 nitrogen and oxygen atoms in total. The van der Waals surface area contributed by atoms with Crippen LogP contribution in [0.3, 0.4) is 0 Å². The van der Waals surface area contributed by atoms with Crippen molar-refractivity contribution in [2.75, 3.05) is 7.11 Å². The molecule has 0 radical (unpaired) electrons. The number of hydrogen-bond donors (Lipinski definition) is 0. The van der Waals surface area contributed by atoms with Crippen LogP contribution in [0.4, 0.5) is 5.69 Å². The maximum atomic E-state index is 10.2. The van der Waals surface area contributed by atoms with E-state index in [1.54, 1.807) is 19.2 Å². The monoisotopic (exact) mass is 223 g/mol. The summed E-state index contributed by atoms with van der Waals surface area (Å²) in [5.74, 6) is 0. The molecule has 0 heterocycles. The van der Waals surface area contributed by atoms with Crippen LogP contribution in [-0.4, -0.2) is 12.0 Å². The molecule has 0 aromatic heterocycles. The van der Waals surface area contributed by atoms with Crippen LogP contribution in [0.2, 0.25) is 0 Å². The van der Waals surface area contributed by atoms with E-state index in [1.165, 1.54) is 12.3 Å². The number of methoxy groups -OCH3 is 1. The molecule has 0 N–H and O–H groups in total. The zero-order chi connectivity index (χ0) is 13.0.